The first-order valence-corrected chi connectivity index (χ1v) is 7.00. The Morgan fingerprint density at radius 1 is 1.18 bits per heavy atom. The van der Waals surface area contributed by atoms with Gasteiger partial charge in [-0.25, -0.2) is 8.42 Å². The molecule has 2 unspecified atom stereocenters. The van der Waals surface area contributed by atoms with E-state index in [9.17, 15) is 8.42 Å². The third-order valence-corrected chi connectivity index (χ3v) is 4.80. The number of rotatable bonds is 2. The third kappa shape index (κ3) is 1.94. The van der Waals surface area contributed by atoms with Crippen LogP contribution in [-0.2, 0) is 14.6 Å². The highest BCUT2D eigenvalue weighted by atomic mass is 32.2. The van der Waals surface area contributed by atoms with Crippen LogP contribution in [-0.4, -0.2) is 20.6 Å². The van der Waals surface area contributed by atoms with Crippen molar-refractivity contribution < 1.29 is 13.2 Å². The molecule has 1 aliphatic heterocycles. The van der Waals surface area contributed by atoms with Gasteiger partial charge in [0.05, 0.1) is 15.9 Å². The summed E-state index contributed by atoms with van der Waals surface area (Å²) < 4.78 is 29.9. The van der Waals surface area contributed by atoms with Crippen LogP contribution in [0.4, 0.5) is 0 Å². The van der Waals surface area contributed by atoms with Crippen molar-refractivity contribution in [3.05, 3.63) is 53.5 Å². The van der Waals surface area contributed by atoms with Gasteiger partial charge >= 0.3 is 0 Å². The maximum atomic E-state index is 12.3. The van der Waals surface area contributed by atoms with E-state index in [1.807, 2.05) is 6.08 Å². The van der Waals surface area contributed by atoms with Gasteiger partial charge in [-0.2, -0.15) is 0 Å². The highest BCUT2D eigenvalue weighted by Gasteiger charge is 2.37. The van der Waals surface area contributed by atoms with Crippen molar-refractivity contribution in [1.82, 2.24) is 0 Å². The zero-order valence-electron chi connectivity index (χ0n) is 9.11. The summed E-state index contributed by atoms with van der Waals surface area (Å²) in [7, 11) is -3.37. The van der Waals surface area contributed by atoms with Crippen molar-refractivity contribution in [3.63, 3.8) is 0 Å². The van der Waals surface area contributed by atoms with Gasteiger partial charge in [-0.05, 0) is 24.6 Å². The summed E-state index contributed by atoms with van der Waals surface area (Å²) >= 11 is 0. The molecule has 1 heterocycles. The van der Waals surface area contributed by atoms with E-state index in [4.69, 9.17) is 4.74 Å². The van der Waals surface area contributed by atoms with Gasteiger partial charge in [0, 0.05) is 0 Å². The van der Waals surface area contributed by atoms with E-state index in [0.29, 0.717) is 16.2 Å². The summed E-state index contributed by atoms with van der Waals surface area (Å²) in [5.74, 6) is 0. The minimum absolute atomic E-state index is 0.106. The van der Waals surface area contributed by atoms with Crippen LogP contribution in [0.25, 0.3) is 0 Å². The Labute approximate surface area is 100 Å². The van der Waals surface area contributed by atoms with Gasteiger partial charge < -0.3 is 4.74 Å². The van der Waals surface area contributed by atoms with Crippen LogP contribution in [0, 0.1) is 0 Å². The molecule has 1 saturated heterocycles. The second-order valence-electron chi connectivity index (χ2n) is 4.16. The van der Waals surface area contributed by atoms with E-state index < -0.39 is 9.84 Å². The van der Waals surface area contributed by atoms with Gasteiger partial charge in [0.1, 0.15) is 6.10 Å². The van der Waals surface area contributed by atoms with E-state index in [-0.39, 0.29) is 12.2 Å². The average Bonchev–Trinajstić information content (AvgIpc) is 3.07. The van der Waals surface area contributed by atoms with Crippen LogP contribution >= 0.6 is 0 Å². The fourth-order valence-corrected chi connectivity index (χ4v) is 3.30. The number of epoxide rings is 1. The van der Waals surface area contributed by atoms with E-state index >= 15 is 0 Å². The first-order valence-electron chi connectivity index (χ1n) is 5.52. The molecule has 2 aliphatic rings. The number of hydrogen-bond donors (Lipinski definition) is 0. The van der Waals surface area contributed by atoms with Crippen LogP contribution in [0.5, 0.6) is 0 Å². The van der Waals surface area contributed by atoms with Gasteiger partial charge in [0.2, 0.25) is 9.84 Å². The zero-order valence-corrected chi connectivity index (χ0v) is 9.93. The second kappa shape index (κ2) is 3.82. The van der Waals surface area contributed by atoms with E-state index in [0.717, 1.165) is 0 Å². The van der Waals surface area contributed by atoms with Crippen LogP contribution in [0.15, 0.2) is 58.4 Å². The van der Waals surface area contributed by atoms with Crippen LogP contribution in [0.3, 0.4) is 0 Å². The van der Waals surface area contributed by atoms with Crippen LogP contribution in [0.2, 0.25) is 0 Å². The van der Waals surface area contributed by atoms with E-state index in [1.165, 1.54) is 0 Å². The number of hydrogen-bond acceptors (Lipinski definition) is 3. The molecule has 0 aromatic heterocycles. The van der Waals surface area contributed by atoms with Gasteiger partial charge in [-0.15, -0.1) is 0 Å². The van der Waals surface area contributed by atoms with Crippen molar-refractivity contribution in [3.8, 4) is 0 Å². The number of allylic oxidation sites excluding steroid dienone is 1. The summed E-state index contributed by atoms with van der Waals surface area (Å²) in [4.78, 5) is 0.715. The lowest BCUT2D eigenvalue weighted by Crippen LogP contribution is -2.03. The van der Waals surface area contributed by atoms with Gasteiger partial charge in [-0.1, -0.05) is 30.4 Å². The Hall–Kier alpha value is -1.39. The Kier molecular flexibility index (Phi) is 2.42. The Bertz CT molecular complexity index is 584. The first-order chi connectivity index (χ1) is 8.18. The molecule has 1 aliphatic carbocycles. The molecule has 2 atom stereocenters. The number of fused-ring (bicyclic) bond motifs is 1. The normalized spacial score (nSPS) is 26.9. The molecule has 0 bridgehead atoms. The summed E-state index contributed by atoms with van der Waals surface area (Å²) in [6.45, 7) is 0. The standard InChI is InChI=1S/C13H12O3S/c14-17(15,10-4-2-1-3-5-10)11-6-8-12-13(16-12)9-7-11/h1-8,12-13H,9H2. The summed E-state index contributed by atoms with van der Waals surface area (Å²) in [6.07, 6.45) is 6.17. The molecule has 1 aromatic rings. The molecule has 0 N–H and O–H groups in total. The quantitative estimate of drug-likeness (QED) is 0.753. The van der Waals surface area contributed by atoms with Crippen molar-refractivity contribution in [1.29, 1.82) is 0 Å². The topological polar surface area (TPSA) is 46.7 Å². The predicted octanol–water partition coefficient (Wildman–Crippen LogP) is 2.07. The van der Waals surface area contributed by atoms with Crippen LogP contribution in [0.1, 0.15) is 6.42 Å². The lowest BCUT2D eigenvalue weighted by molar-refractivity contribution is 0.389. The molecule has 17 heavy (non-hydrogen) atoms. The summed E-state index contributed by atoms with van der Waals surface area (Å²) in [5.41, 5.74) is 0. The highest BCUT2D eigenvalue weighted by Crippen LogP contribution is 2.32. The van der Waals surface area contributed by atoms with Crippen molar-refractivity contribution in [2.75, 3.05) is 0 Å². The SMILES string of the molecule is O=S(=O)(C1=CCC2OC2C=C1)c1ccccc1. The smallest absolute Gasteiger partial charge is 0.206 e. The molecule has 88 valence electrons. The first kappa shape index (κ1) is 10.7. The van der Waals surface area contributed by atoms with Crippen molar-refractivity contribution in [2.24, 2.45) is 0 Å². The maximum absolute atomic E-state index is 12.3. The zero-order chi connectivity index (χ0) is 11.9. The number of ether oxygens (including phenoxy) is 1. The largest absolute Gasteiger partial charge is 0.365 e. The fraction of sp³-hybridized carbons (Fsp3) is 0.231. The van der Waals surface area contributed by atoms with Gasteiger partial charge in [0.15, 0.2) is 0 Å². The Morgan fingerprint density at radius 2 is 1.94 bits per heavy atom. The molecule has 0 spiro atoms. The molecule has 0 radical (unpaired) electrons. The molecule has 3 rings (SSSR count). The molecular weight excluding hydrogens is 236 g/mol. The monoisotopic (exact) mass is 248 g/mol. The third-order valence-electron chi connectivity index (χ3n) is 2.99. The molecular formula is C13H12O3S. The minimum atomic E-state index is -3.37. The number of sulfone groups is 1. The van der Waals surface area contributed by atoms with E-state index in [2.05, 4.69) is 0 Å². The number of benzene rings is 1. The molecule has 4 heteroatoms. The highest BCUT2D eigenvalue weighted by molar-refractivity contribution is 7.95. The van der Waals surface area contributed by atoms with Crippen molar-refractivity contribution >= 4 is 9.84 Å². The molecule has 0 saturated carbocycles. The fourth-order valence-electron chi connectivity index (χ4n) is 1.94. The van der Waals surface area contributed by atoms with E-state index in [1.54, 1.807) is 42.5 Å². The molecule has 3 nitrogen and oxygen atoms in total. The Balaban J connectivity index is 1.98. The van der Waals surface area contributed by atoms with Gasteiger partial charge in [0.25, 0.3) is 0 Å². The molecule has 0 amide bonds. The lowest BCUT2D eigenvalue weighted by Gasteiger charge is -2.04. The molecule has 1 fully saturated rings. The van der Waals surface area contributed by atoms with Gasteiger partial charge in [-0.3, -0.25) is 0 Å². The maximum Gasteiger partial charge on any atom is 0.206 e. The molecule has 1 aromatic carbocycles. The predicted molar refractivity (Wildman–Crippen MR) is 64.1 cm³/mol. The average molecular weight is 248 g/mol. The summed E-state index contributed by atoms with van der Waals surface area (Å²) in [6, 6.07) is 8.50. The minimum Gasteiger partial charge on any atom is -0.365 e. The Morgan fingerprint density at radius 3 is 2.71 bits per heavy atom. The lowest BCUT2D eigenvalue weighted by atomic mass is 10.2. The summed E-state index contributed by atoms with van der Waals surface area (Å²) in [5, 5.41) is 0. The van der Waals surface area contributed by atoms with Crippen molar-refractivity contribution in [2.45, 2.75) is 23.5 Å². The van der Waals surface area contributed by atoms with Crippen LogP contribution < -0.4 is 0 Å². The second-order valence-corrected chi connectivity index (χ2v) is 6.11.